The number of esters is 1. The number of rotatable bonds is 8. The van der Waals surface area contributed by atoms with Crippen molar-refractivity contribution in [1.29, 1.82) is 0 Å². The lowest BCUT2D eigenvalue weighted by Gasteiger charge is -2.39. The van der Waals surface area contributed by atoms with Crippen LogP contribution in [0, 0.1) is 11.8 Å². The summed E-state index contributed by atoms with van der Waals surface area (Å²) < 4.78 is 5.15. The van der Waals surface area contributed by atoms with E-state index in [-0.39, 0.29) is 12.0 Å². The molecule has 2 fully saturated rings. The highest BCUT2D eigenvalue weighted by Gasteiger charge is 2.53. The van der Waals surface area contributed by atoms with Crippen molar-refractivity contribution in [1.82, 2.24) is 10.2 Å². The third-order valence-electron chi connectivity index (χ3n) is 4.87. The number of carbonyl (C=O) groups excluding carboxylic acids is 1. The minimum absolute atomic E-state index is 0.0939. The molecule has 2 unspecified atom stereocenters. The average molecular weight is 282 g/mol. The van der Waals surface area contributed by atoms with Crippen molar-refractivity contribution in [3.63, 3.8) is 0 Å². The Bertz CT molecular complexity index is 350. The summed E-state index contributed by atoms with van der Waals surface area (Å²) in [6.45, 7) is 7.23. The molecular formula is C16H30N2O2. The molecule has 0 radical (unpaired) electrons. The Hall–Kier alpha value is -0.610. The third-order valence-corrected chi connectivity index (χ3v) is 4.87. The fourth-order valence-electron chi connectivity index (χ4n) is 3.33. The summed E-state index contributed by atoms with van der Waals surface area (Å²) in [5.74, 6) is 1.14. The molecule has 0 aromatic carbocycles. The van der Waals surface area contributed by atoms with Crippen LogP contribution >= 0.6 is 0 Å². The SMILES string of the molecule is COC(=O)C(CN(C)C(C)C1CC1)(NC(C)C)C1CC1. The molecule has 2 aliphatic rings. The zero-order valence-electron chi connectivity index (χ0n) is 13.6. The van der Waals surface area contributed by atoms with E-state index in [0.29, 0.717) is 12.0 Å². The standard InChI is InChI=1S/C16H30N2O2/c1-11(2)17-16(14-8-9-14,15(19)20-5)10-18(4)12(3)13-6-7-13/h11-14,17H,6-10H2,1-5H3. The van der Waals surface area contributed by atoms with Crippen LogP contribution < -0.4 is 5.32 Å². The molecular weight excluding hydrogens is 252 g/mol. The highest BCUT2D eigenvalue weighted by Crippen LogP contribution is 2.42. The van der Waals surface area contributed by atoms with E-state index in [1.807, 2.05) is 0 Å². The van der Waals surface area contributed by atoms with Crippen LogP contribution in [0.5, 0.6) is 0 Å². The maximum atomic E-state index is 12.5. The zero-order chi connectivity index (χ0) is 14.9. The Morgan fingerprint density at radius 1 is 1.30 bits per heavy atom. The Morgan fingerprint density at radius 2 is 1.90 bits per heavy atom. The predicted molar refractivity (Wildman–Crippen MR) is 80.6 cm³/mol. The molecule has 20 heavy (non-hydrogen) atoms. The lowest BCUT2D eigenvalue weighted by molar-refractivity contribution is -0.151. The van der Waals surface area contributed by atoms with Gasteiger partial charge in [-0.1, -0.05) is 0 Å². The summed E-state index contributed by atoms with van der Waals surface area (Å²) in [5, 5.41) is 3.53. The molecule has 0 saturated heterocycles. The molecule has 2 atom stereocenters. The second-order valence-electron chi connectivity index (χ2n) is 7.03. The van der Waals surface area contributed by atoms with Crippen LogP contribution in [0.4, 0.5) is 0 Å². The molecule has 0 aromatic rings. The van der Waals surface area contributed by atoms with Crippen LogP contribution in [0.3, 0.4) is 0 Å². The van der Waals surface area contributed by atoms with Crippen LogP contribution in [0.1, 0.15) is 46.5 Å². The Morgan fingerprint density at radius 3 is 2.30 bits per heavy atom. The Kier molecular flexibility index (Phi) is 4.75. The quantitative estimate of drug-likeness (QED) is 0.692. The van der Waals surface area contributed by atoms with Crippen molar-refractivity contribution in [3.8, 4) is 0 Å². The highest BCUT2D eigenvalue weighted by molar-refractivity contribution is 5.82. The van der Waals surface area contributed by atoms with Gasteiger partial charge in [0.05, 0.1) is 7.11 Å². The van der Waals surface area contributed by atoms with Crippen LogP contribution in [-0.4, -0.2) is 49.2 Å². The van der Waals surface area contributed by atoms with Gasteiger partial charge in [0.25, 0.3) is 0 Å². The molecule has 0 amide bonds. The number of carbonyl (C=O) groups is 1. The molecule has 2 rings (SSSR count). The van der Waals surface area contributed by atoms with E-state index in [0.717, 1.165) is 25.3 Å². The summed E-state index contributed by atoms with van der Waals surface area (Å²) in [6.07, 6.45) is 4.91. The summed E-state index contributed by atoms with van der Waals surface area (Å²) >= 11 is 0. The van der Waals surface area contributed by atoms with Crippen molar-refractivity contribution in [3.05, 3.63) is 0 Å². The summed E-state index contributed by atoms with van der Waals surface area (Å²) in [5.41, 5.74) is -0.527. The molecule has 1 N–H and O–H groups in total. The van der Waals surface area contributed by atoms with Gasteiger partial charge in [-0.3, -0.25) is 5.32 Å². The molecule has 4 heteroatoms. The van der Waals surface area contributed by atoms with Gasteiger partial charge in [-0.15, -0.1) is 0 Å². The van der Waals surface area contributed by atoms with Crippen LogP contribution in [-0.2, 0) is 9.53 Å². The van der Waals surface area contributed by atoms with Gasteiger partial charge in [0.15, 0.2) is 0 Å². The van der Waals surface area contributed by atoms with Gasteiger partial charge in [-0.05, 0) is 65.3 Å². The first-order chi connectivity index (χ1) is 9.40. The largest absolute Gasteiger partial charge is 0.468 e. The number of nitrogens with one attached hydrogen (secondary N) is 1. The maximum absolute atomic E-state index is 12.5. The molecule has 0 bridgehead atoms. The van der Waals surface area contributed by atoms with E-state index < -0.39 is 5.54 Å². The number of methoxy groups -OCH3 is 1. The number of hydrogen-bond acceptors (Lipinski definition) is 4. The Balaban J connectivity index is 2.13. The van der Waals surface area contributed by atoms with Gasteiger partial charge < -0.3 is 9.64 Å². The molecule has 4 nitrogen and oxygen atoms in total. The topological polar surface area (TPSA) is 41.6 Å². The smallest absolute Gasteiger partial charge is 0.327 e. The second kappa shape index (κ2) is 6.02. The van der Waals surface area contributed by atoms with Gasteiger partial charge in [0.1, 0.15) is 5.54 Å². The van der Waals surface area contributed by atoms with E-state index in [1.165, 1.54) is 20.0 Å². The van der Waals surface area contributed by atoms with Crippen LogP contribution in [0.2, 0.25) is 0 Å². The van der Waals surface area contributed by atoms with Gasteiger partial charge in [-0.25, -0.2) is 4.79 Å². The van der Waals surface area contributed by atoms with Gasteiger partial charge in [-0.2, -0.15) is 0 Å². The van der Waals surface area contributed by atoms with E-state index in [2.05, 4.69) is 38.0 Å². The summed E-state index contributed by atoms with van der Waals surface area (Å²) in [7, 11) is 3.65. The maximum Gasteiger partial charge on any atom is 0.327 e. The van der Waals surface area contributed by atoms with Crippen molar-refractivity contribution < 1.29 is 9.53 Å². The second-order valence-corrected chi connectivity index (χ2v) is 7.03. The molecule has 116 valence electrons. The molecule has 2 saturated carbocycles. The lowest BCUT2D eigenvalue weighted by Crippen LogP contribution is -2.63. The van der Waals surface area contributed by atoms with E-state index >= 15 is 0 Å². The fraction of sp³-hybridized carbons (Fsp3) is 0.938. The minimum Gasteiger partial charge on any atom is -0.468 e. The van der Waals surface area contributed by atoms with Gasteiger partial charge in [0.2, 0.25) is 0 Å². The van der Waals surface area contributed by atoms with E-state index in [9.17, 15) is 4.79 Å². The van der Waals surface area contributed by atoms with Gasteiger partial charge in [0, 0.05) is 18.6 Å². The monoisotopic (exact) mass is 282 g/mol. The first kappa shape index (κ1) is 15.8. The lowest BCUT2D eigenvalue weighted by atomic mass is 9.90. The van der Waals surface area contributed by atoms with Crippen molar-refractivity contribution in [2.75, 3.05) is 20.7 Å². The van der Waals surface area contributed by atoms with Crippen LogP contribution in [0.25, 0.3) is 0 Å². The molecule has 0 spiro atoms. The molecule has 0 aliphatic heterocycles. The summed E-state index contributed by atoms with van der Waals surface area (Å²) in [6, 6.07) is 0.825. The number of hydrogen-bond donors (Lipinski definition) is 1. The molecule has 0 heterocycles. The van der Waals surface area contributed by atoms with Crippen molar-refractivity contribution in [2.45, 2.75) is 64.1 Å². The van der Waals surface area contributed by atoms with Crippen molar-refractivity contribution in [2.24, 2.45) is 11.8 Å². The van der Waals surface area contributed by atoms with E-state index in [4.69, 9.17) is 4.74 Å². The third kappa shape index (κ3) is 3.34. The number of ether oxygens (including phenoxy) is 1. The molecule has 2 aliphatic carbocycles. The number of likely N-dealkylation sites (N-methyl/N-ethyl adjacent to an activating group) is 1. The van der Waals surface area contributed by atoms with Gasteiger partial charge >= 0.3 is 5.97 Å². The summed E-state index contributed by atoms with van der Waals surface area (Å²) in [4.78, 5) is 14.8. The van der Waals surface area contributed by atoms with E-state index in [1.54, 1.807) is 0 Å². The molecule has 0 aromatic heterocycles. The van der Waals surface area contributed by atoms with Crippen molar-refractivity contribution >= 4 is 5.97 Å². The first-order valence-electron chi connectivity index (χ1n) is 7.97. The first-order valence-corrected chi connectivity index (χ1v) is 7.97. The Labute approximate surface area is 123 Å². The van der Waals surface area contributed by atoms with Crippen LogP contribution in [0.15, 0.2) is 0 Å². The average Bonchev–Trinajstić information content (AvgIpc) is 3.27. The highest BCUT2D eigenvalue weighted by atomic mass is 16.5. The minimum atomic E-state index is -0.527. The zero-order valence-corrected chi connectivity index (χ0v) is 13.6. The fourth-order valence-corrected chi connectivity index (χ4v) is 3.33. The number of nitrogens with zero attached hydrogens (tertiary/aromatic N) is 1. The predicted octanol–water partition coefficient (Wildman–Crippen LogP) is 2.04. The normalized spacial score (nSPS) is 23.8.